The fourth-order valence-corrected chi connectivity index (χ4v) is 1.97. The zero-order valence-electron chi connectivity index (χ0n) is 11.2. The molecule has 1 saturated carbocycles. The van der Waals surface area contributed by atoms with E-state index in [2.05, 4.69) is 0 Å². The molecule has 0 N–H and O–H groups in total. The Hall–Kier alpha value is -1.73. The minimum Gasteiger partial charge on any atom is -0.459 e. The van der Waals surface area contributed by atoms with Crippen LogP contribution in [-0.2, 0) is 10.4 Å². The van der Waals surface area contributed by atoms with E-state index in [0.29, 0.717) is 25.0 Å². The van der Waals surface area contributed by atoms with Crippen LogP contribution < -0.4 is 0 Å². The molecule has 2 nitrogen and oxygen atoms in total. The number of carbonyl (C=O) groups is 1. The summed E-state index contributed by atoms with van der Waals surface area (Å²) < 4.78 is 81.6. The normalized spacial score (nSPS) is 18.7. The maximum Gasteiger partial charge on any atom is 0.432 e. The number of hydrogen-bond donors (Lipinski definition) is 0. The molecule has 1 aliphatic rings. The highest BCUT2D eigenvalue weighted by molar-refractivity contribution is 5.89. The average Bonchev–Trinajstić information content (AvgIpc) is 2.40. The van der Waals surface area contributed by atoms with Crippen LogP contribution in [-0.4, -0.2) is 24.7 Å². The molecule has 22 heavy (non-hydrogen) atoms. The molecule has 0 saturated heterocycles. The lowest BCUT2D eigenvalue weighted by atomic mass is 9.94. The minimum absolute atomic E-state index is 0.116. The van der Waals surface area contributed by atoms with E-state index in [1.165, 1.54) is 0 Å². The molecular weight excluding hydrogens is 314 g/mol. The zero-order chi connectivity index (χ0) is 16.5. The van der Waals surface area contributed by atoms with E-state index in [1.54, 1.807) is 0 Å². The molecule has 0 aromatic heterocycles. The quantitative estimate of drug-likeness (QED) is 0.606. The molecular formula is C14H12F6O2. The number of halogens is 6. The highest BCUT2D eigenvalue weighted by atomic mass is 19.4. The SMILES string of the molecule is O=C(OC1CCC1)c1ccc(C(F)(C(F)F)C(F)(F)F)cc1. The molecule has 0 heterocycles. The summed E-state index contributed by atoms with van der Waals surface area (Å²) in [7, 11) is 0. The largest absolute Gasteiger partial charge is 0.459 e. The number of rotatable bonds is 4. The van der Waals surface area contributed by atoms with Crippen LogP contribution in [0, 0.1) is 0 Å². The van der Waals surface area contributed by atoms with E-state index in [9.17, 15) is 31.1 Å². The van der Waals surface area contributed by atoms with Gasteiger partial charge in [-0.2, -0.15) is 13.2 Å². The summed E-state index contributed by atoms with van der Waals surface area (Å²) in [5, 5.41) is 0. The standard InChI is InChI=1S/C14H12F6O2/c15-12(16)13(17,14(18,19)20)9-6-4-8(5-7-9)11(21)22-10-2-1-3-10/h4-7,10,12H,1-3H2. The fourth-order valence-electron chi connectivity index (χ4n) is 1.97. The third-order valence-corrected chi connectivity index (χ3v) is 3.58. The van der Waals surface area contributed by atoms with Crippen molar-refractivity contribution < 1.29 is 35.9 Å². The molecule has 1 aromatic carbocycles. The number of esters is 1. The molecule has 0 radical (unpaired) electrons. The molecule has 1 aromatic rings. The van der Waals surface area contributed by atoms with Gasteiger partial charge in [-0.15, -0.1) is 0 Å². The minimum atomic E-state index is -5.77. The van der Waals surface area contributed by atoms with Gasteiger partial charge in [0.15, 0.2) is 0 Å². The summed E-state index contributed by atoms with van der Waals surface area (Å²) in [4.78, 5) is 11.7. The smallest absolute Gasteiger partial charge is 0.432 e. The fraction of sp³-hybridized carbons (Fsp3) is 0.500. The van der Waals surface area contributed by atoms with Gasteiger partial charge in [-0.1, -0.05) is 12.1 Å². The Morgan fingerprint density at radius 2 is 1.64 bits per heavy atom. The summed E-state index contributed by atoms with van der Waals surface area (Å²) in [6, 6.07) is 2.74. The van der Waals surface area contributed by atoms with E-state index < -0.39 is 29.8 Å². The third-order valence-electron chi connectivity index (χ3n) is 3.58. The van der Waals surface area contributed by atoms with E-state index in [-0.39, 0.29) is 11.7 Å². The van der Waals surface area contributed by atoms with E-state index >= 15 is 0 Å². The van der Waals surface area contributed by atoms with Crippen molar-refractivity contribution in [3.63, 3.8) is 0 Å². The first-order chi connectivity index (χ1) is 10.2. The lowest BCUT2D eigenvalue weighted by Gasteiger charge is -2.27. The summed E-state index contributed by atoms with van der Waals surface area (Å²) in [5.74, 6) is -0.773. The third kappa shape index (κ3) is 2.91. The second-order valence-corrected chi connectivity index (χ2v) is 5.05. The van der Waals surface area contributed by atoms with Gasteiger partial charge in [0, 0.05) is 5.56 Å². The molecule has 8 heteroatoms. The predicted octanol–water partition coefficient (Wildman–Crippen LogP) is 4.39. The lowest BCUT2D eigenvalue weighted by molar-refractivity contribution is -0.274. The van der Waals surface area contributed by atoms with Crippen LogP contribution in [0.5, 0.6) is 0 Å². The highest BCUT2D eigenvalue weighted by Crippen LogP contribution is 2.46. The first-order valence-corrected chi connectivity index (χ1v) is 6.51. The Morgan fingerprint density at radius 1 is 1.09 bits per heavy atom. The summed E-state index contributed by atoms with van der Waals surface area (Å²) >= 11 is 0. The molecule has 1 unspecified atom stereocenters. The van der Waals surface area contributed by atoms with Gasteiger partial charge in [0.1, 0.15) is 6.10 Å². The molecule has 2 rings (SSSR count). The summed E-state index contributed by atoms with van der Waals surface area (Å²) in [5.41, 5.74) is -6.15. The van der Waals surface area contributed by atoms with Crippen LogP contribution >= 0.6 is 0 Å². The van der Waals surface area contributed by atoms with Gasteiger partial charge >= 0.3 is 12.1 Å². The van der Waals surface area contributed by atoms with Crippen LogP contribution in [0.1, 0.15) is 35.2 Å². The van der Waals surface area contributed by atoms with Gasteiger partial charge in [0.05, 0.1) is 5.56 Å². The Labute approximate surface area is 122 Å². The van der Waals surface area contributed by atoms with Gasteiger partial charge in [-0.25, -0.2) is 18.0 Å². The van der Waals surface area contributed by atoms with Crippen molar-refractivity contribution in [2.24, 2.45) is 0 Å². The Morgan fingerprint density at radius 3 is 2.00 bits per heavy atom. The average molecular weight is 326 g/mol. The number of benzene rings is 1. The number of ether oxygens (including phenoxy) is 1. The van der Waals surface area contributed by atoms with Crippen LogP contribution in [0.25, 0.3) is 0 Å². The molecule has 0 spiro atoms. The summed E-state index contributed by atoms with van der Waals surface area (Å²) in [6.45, 7) is 0. The number of carbonyl (C=O) groups excluding carboxylic acids is 1. The first kappa shape index (κ1) is 16.6. The number of hydrogen-bond acceptors (Lipinski definition) is 2. The maximum atomic E-state index is 13.8. The zero-order valence-corrected chi connectivity index (χ0v) is 11.2. The van der Waals surface area contributed by atoms with Crippen molar-refractivity contribution in [1.82, 2.24) is 0 Å². The number of alkyl halides is 6. The highest BCUT2D eigenvalue weighted by Gasteiger charge is 2.63. The van der Waals surface area contributed by atoms with Crippen LogP contribution in [0.4, 0.5) is 26.3 Å². The van der Waals surface area contributed by atoms with E-state index in [4.69, 9.17) is 4.74 Å². The van der Waals surface area contributed by atoms with Gasteiger partial charge in [-0.05, 0) is 31.4 Å². The second-order valence-electron chi connectivity index (χ2n) is 5.05. The monoisotopic (exact) mass is 326 g/mol. The van der Waals surface area contributed by atoms with Gasteiger partial charge < -0.3 is 4.74 Å². The van der Waals surface area contributed by atoms with Gasteiger partial charge in [0.25, 0.3) is 12.1 Å². The molecule has 0 aliphatic heterocycles. The molecule has 0 bridgehead atoms. The molecule has 1 fully saturated rings. The molecule has 1 aliphatic carbocycles. The van der Waals surface area contributed by atoms with Crippen LogP contribution in [0.15, 0.2) is 24.3 Å². The summed E-state index contributed by atoms with van der Waals surface area (Å²) in [6.07, 6.45) is -7.95. The van der Waals surface area contributed by atoms with Crippen molar-refractivity contribution in [2.75, 3.05) is 0 Å². The Bertz CT molecular complexity index is 535. The molecule has 1 atom stereocenters. The van der Waals surface area contributed by atoms with Crippen molar-refractivity contribution in [1.29, 1.82) is 0 Å². The second kappa shape index (κ2) is 5.81. The Kier molecular flexibility index (Phi) is 4.39. The topological polar surface area (TPSA) is 26.3 Å². The molecule has 0 amide bonds. The van der Waals surface area contributed by atoms with Gasteiger partial charge in [-0.3, -0.25) is 0 Å². The van der Waals surface area contributed by atoms with Crippen molar-refractivity contribution >= 4 is 5.97 Å². The lowest BCUT2D eigenvalue weighted by Crippen LogP contribution is -2.44. The maximum absolute atomic E-state index is 13.8. The van der Waals surface area contributed by atoms with E-state index in [0.717, 1.165) is 18.6 Å². The Balaban J connectivity index is 2.21. The van der Waals surface area contributed by atoms with Crippen molar-refractivity contribution in [3.05, 3.63) is 35.4 Å². The van der Waals surface area contributed by atoms with E-state index in [1.807, 2.05) is 0 Å². The van der Waals surface area contributed by atoms with Crippen LogP contribution in [0.3, 0.4) is 0 Å². The van der Waals surface area contributed by atoms with Crippen LogP contribution in [0.2, 0.25) is 0 Å². The van der Waals surface area contributed by atoms with Crippen molar-refractivity contribution in [2.45, 2.75) is 43.6 Å². The predicted molar refractivity (Wildman–Crippen MR) is 64.3 cm³/mol. The van der Waals surface area contributed by atoms with Gasteiger partial charge in [0.2, 0.25) is 0 Å². The first-order valence-electron chi connectivity index (χ1n) is 6.51. The molecule has 122 valence electrons. The van der Waals surface area contributed by atoms with Crippen molar-refractivity contribution in [3.8, 4) is 0 Å².